The highest BCUT2D eigenvalue weighted by Gasteiger charge is 2.23. The van der Waals surface area contributed by atoms with Crippen LogP contribution in [-0.4, -0.2) is 39.6 Å². The van der Waals surface area contributed by atoms with Gasteiger partial charge in [0.15, 0.2) is 0 Å². The molecular formula is C32H36N4O2. The number of hydrogen-bond donors (Lipinski definition) is 1. The van der Waals surface area contributed by atoms with Crippen molar-refractivity contribution >= 4 is 17.6 Å². The van der Waals surface area contributed by atoms with Gasteiger partial charge in [0.25, 0.3) is 5.91 Å². The number of hydrogen-bond acceptors (Lipinski definition) is 3. The summed E-state index contributed by atoms with van der Waals surface area (Å²) in [4.78, 5) is 28.6. The average Bonchev–Trinajstić information content (AvgIpc) is 3.26. The Morgan fingerprint density at radius 2 is 1.58 bits per heavy atom. The number of aromatic nitrogens is 2. The summed E-state index contributed by atoms with van der Waals surface area (Å²) in [5.74, 6) is 0.206. The summed E-state index contributed by atoms with van der Waals surface area (Å²) < 4.78 is 1.80. The minimum atomic E-state index is -0.258. The number of aryl methyl sites for hydroxylation is 3. The first kappa shape index (κ1) is 26.9. The molecule has 1 aromatic heterocycles. The van der Waals surface area contributed by atoms with Crippen LogP contribution in [0.4, 0.5) is 5.82 Å². The molecule has 6 nitrogen and oxygen atoms in total. The maximum atomic E-state index is 13.5. The Morgan fingerprint density at radius 3 is 2.24 bits per heavy atom. The molecule has 196 valence electrons. The van der Waals surface area contributed by atoms with Gasteiger partial charge in [0.1, 0.15) is 12.4 Å². The van der Waals surface area contributed by atoms with Gasteiger partial charge in [0, 0.05) is 17.7 Å². The molecular weight excluding hydrogens is 472 g/mol. The molecule has 2 amide bonds. The molecule has 0 aliphatic carbocycles. The predicted octanol–water partition coefficient (Wildman–Crippen LogP) is 6.60. The van der Waals surface area contributed by atoms with E-state index in [9.17, 15) is 9.59 Å². The number of benzene rings is 3. The van der Waals surface area contributed by atoms with Crippen molar-refractivity contribution < 1.29 is 9.59 Å². The lowest BCUT2D eigenvalue weighted by molar-refractivity contribution is -0.116. The first-order valence-corrected chi connectivity index (χ1v) is 13.3. The highest BCUT2D eigenvalue weighted by atomic mass is 16.2. The number of carbonyl (C=O) groups excluding carboxylic acids is 2. The molecule has 0 saturated heterocycles. The lowest BCUT2D eigenvalue weighted by Crippen LogP contribution is -2.39. The van der Waals surface area contributed by atoms with Gasteiger partial charge in [-0.15, -0.1) is 0 Å². The number of carbonyl (C=O) groups is 2. The molecule has 0 aliphatic rings. The standard InChI is InChI=1S/C32H36N4O2/c1-5-7-21-35(32(38)27-19-17-25(6-2)18-20-27)22-29(37)33-31-30(26-14-9-8-10-15-26)24(4)34-36(31)28-16-12-11-13-23(28)3/h8-20H,5-7,21-22H2,1-4H3,(H,33,37). The fourth-order valence-corrected chi connectivity index (χ4v) is 4.58. The van der Waals surface area contributed by atoms with Crippen LogP contribution in [0.25, 0.3) is 16.8 Å². The van der Waals surface area contributed by atoms with Crippen molar-refractivity contribution in [3.05, 3.63) is 101 Å². The second kappa shape index (κ2) is 12.4. The van der Waals surface area contributed by atoms with Gasteiger partial charge < -0.3 is 10.2 Å². The molecule has 38 heavy (non-hydrogen) atoms. The number of nitrogens with one attached hydrogen (secondary N) is 1. The van der Waals surface area contributed by atoms with Crippen molar-refractivity contribution in [3.8, 4) is 16.8 Å². The van der Waals surface area contributed by atoms with Gasteiger partial charge in [-0.1, -0.05) is 80.9 Å². The Labute approximate surface area is 225 Å². The summed E-state index contributed by atoms with van der Waals surface area (Å²) in [5, 5.41) is 7.94. The first-order chi connectivity index (χ1) is 18.4. The molecule has 0 bridgehead atoms. The highest BCUT2D eigenvalue weighted by molar-refractivity contribution is 6.01. The van der Waals surface area contributed by atoms with E-state index in [1.165, 1.54) is 5.56 Å². The average molecular weight is 509 g/mol. The lowest BCUT2D eigenvalue weighted by Gasteiger charge is -2.23. The van der Waals surface area contributed by atoms with E-state index in [4.69, 9.17) is 5.10 Å². The summed E-state index contributed by atoms with van der Waals surface area (Å²) >= 11 is 0. The van der Waals surface area contributed by atoms with Crippen molar-refractivity contribution in [1.29, 1.82) is 0 Å². The fraction of sp³-hybridized carbons (Fsp3) is 0.281. The Kier molecular flexibility index (Phi) is 8.74. The van der Waals surface area contributed by atoms with Crippen molar-refractivity contribution in [2.75, 3.05) is 18.4 Å². The monoisotopic (exact) mass is 508 g/mol. The largest absolute Gasteiger partial charge is 0.329 e. The third-order valence-electron chi connectivity index (χ3n) is 6.74. The van der Waals surface area contributed by atoms with E-state index in [0.717, 1.165) is 47.3 Å². The van der Waals surface area contributed by atoms with Gasteiger partial charge in [-0.2, -0.15) is 5.10 Å². The molecule has 4 aromatic rings. The quantitative estimate of drug-likeness (QED) is 0.262. The number of para-hydroxylation sites is 1. The molecule has 0 spiro atoms. The van der Waals surface area contributed by atoms with Gasteiger partial charge in [0.05, 0.1) is 11.4 Å². The molecule has 0 aliphatic heterocycles. The summed E-state index contributed by atoms with van der Waals surface area (Å²) in [5.41, 5.74) is 6.34. The van der Waals surface area contributed by atoms with Crippen LogP contribution in [0.2, 0.25) is 0 Å². The van der Waals surface area contributed by atoms with Gasteiger partial charge in [0.2, 0.25) is 5.91 Å². The molecule has 0 fully saturated rings. The maximum absolute atomic E-state index is 13.5. The zero-order valence-electron chi connectivity index (χ0n) is 22.7. The zero-order valence-corrected chi connectivity index (χ0v) is 22.7. The molecule has 0 unspecified atom stereocenters. The van der Waals surface area contributed by atoms with E-state index in [2.05, 4.69) is 19.2 Å². The third kappa shape index (κ3) is 6.02. The van der Waals surface area contributed by atoms with E-state index >= 15 is 0 Å². The molecule has 0 atom stereocenters. The Hall–Kier alpha value is -4.19. The van der Waals surface area contributed by atoms with Gasteiger partial charge in [-0.25, -0.2) is 4.68 Å². The number of nitrogens with zero attached hydrogens (tertiary/aromatic N) is 3. The Morgan fingerprint density at radius 1 is 0.895 bits per heavy atom. The summed E-state index contributed by atoms with van der Waals surface area (Å²) in [6.07, 6.45) is 2.66. The van der Waals surface area contributed by atoms with Crippen LogP contribution in [0.3, 0.4) is 0 Å². The molecule has 6 heteroatoms. The van der Waals surface area contributed by atoms with Crippen molar-refractivity contribution in [2.24, 2.45) is 0 Å². The van der Waals surface area contributed by atoms with Gasteiger partial charge in [-0.3, -0.25) is 9.59 Å². The second-order valence-corrected chi connectivity index (χ2v) is 9.55. The summed E-state index contributed by atoms with van der Waals surface area (Å²) in [6, 6.07) is 25.5. The molecule has 3 aromatic carbocycles. The van der Waals surface area contributed by atoms with Crippen LogP contribution in [-0.2, 0) is 11.2 Å². The summed E-state index contributed by atoms with van der Waals surface area (Å²) in [7, 11) is 0. The third-order valence-corrected chi connectivity index (χ3v) is 6.74. The zero-order chi connectivity index (χ0) is 27.1. The molecule has 1 N–H and O–H groups in total. The lowest BCUT2D eigenvalue weighted by atomic mass is 10.1. The predicted molar refractivity (Wildman–Crippen MR) is 154 cm³/mol. The minimum absolute atomic E-state index is 0.0411. The highest BCUT2D eigenvalue weighted by Crippen LogP contribution is 2.34. The van der Waals surface area contributed by atoms with Crippen LogP contribution >= 0.6 is 0 Å². The van der Waals surface area contributed by atoms with Crippen molar-refractivity contribution in [1.82, 2.24) is 14.7 Å². The van der Waals surface area contributed by atoms with Gasteiger partial charge >= 0.3 is 0 Å². The van der Waals surface area contributed by atoms with E-state index < -0.39 is 0 Å². The SMILES string of the molecule is CCCCN(CC(=O)Nc1c(-c2ccccc2)c(C)nn1-c1ccccc1C)C(=O)c1ccc(CC)cc1. The smallest absolute Gasteiger partial charge is 0.254 e. The number of amides is 2. The van der Waals surface area contributed by atoms with Crippen LogP contribution in [0.15, 0.2) is 78.9 Å². The molecule has 4 rings (SSSR count). The van der Waals surface area contributed by atoms with Gasteiger partial charge in [-0.05, 0) is 61.6 Å². The Bertz CT molecular complexity index is 1390. The summed E-state index contributed by atoms with van der Waals surface area (Å²) in [6.45, 7) is 8.61. The maximum Gasteiger partial charge on any atom is 0.254 e. The van der Waals surface area contributed by atoms with E-state index in [1.54, 1.807) is 9.58 Å². The number of rotatable bonds is 10. The molecule has 0 radical (unpaired) electrons. The normalized spacial score (nSPS) is 10.8. The fourth-order valence-electron chi connectivity index (χ4n) is 4.58. The Balaban J connectivity index is 1.67. The van der Waals surface area contributed by atoms with E-state index in [-0.39, 0.29) is 18.4 Å². The van der Waals surface area contributed by atoms with Crippen molar-refractivity contribution in [2.45, 2.75) is 47.0 Å². The first-order valence-electron chi connectivity index (χ1n) is 13.3. The van der Waals surface area contributed by atoms with Crippen LogP contribution in [0.5, 0.6) is 0 Å². The number of anilines is 1. The van der Waals surface area contributed by atoms with E-state index in [0.29, 0.717) is 17.9 Å². The number of unbranched alkanes of at least 4 members (excludes halogenated alkanes) is 1. The van der Waals surface area contributed by atoms with Crippen molar-refractivity contribution in [3.63, 3.8) is 0 Å². The topological polar surface area (TPSA) is 67.2 Å². The molecule has 1 heterocycles. The van der Waals surface area contributed by atoms with Crippen LogP contribution in [0.1, 0.15) is 53.9 Å². The second-order valence-electron chi connectivity index (χ2n) is 9.55. The van der Waals surface area contributed by atoms with Crippen LogP contribution < -0.4 is 5.32 Å². The minimum Gasteiger partial charge on any atom is -0.329 e. The molecule has 0 saturated carbocycles. The van der Waals surface area contributed by atoms with E-state index in [1.807, 2.05) is 92.7 Å². The van der Waals surface area contributed by atoms with Crippen LogP contribution in [0, 0.1) is 13.8 Å².